The molecule has 0 bridgehead atoms. The SMILES string of the molecule is CCc1ccccc1OCCC(CC)(CC)CN. The number of para-hydroxylation sites is 1. The zero-order valence-electron chi connectivity index (χ0n) is 12.0. The maximum absolute atomic E-state index is 5.93. The fourth-order valence-corrected chi connectivity index (χ4v) is 2.31. The molecule has 2 heteroatoms. The van der Waals surface area contributed by atoms with Gasteiger partial charge in [0.05, 0.1) is 6.61 Å². The molecule has 1 aromatic rings. The number of hydrogen-bond donors (Lipinski definition) is 1. The number of rotatable bonds is 8. The van der Waals surface area contributed by atoms with Crippen LogP contribution in [0.5, 0.6) is 5.75 Å². The van der Waals surface area contributed by atoms with Crippen molar-refractivity contribution in [2.75, 3.05) is 13.2 Å². The van der Waals surface area contributed by atoms with Crippen molar-refractivity contribution in [2.24, 2.45) is 11.1 Å². The van der Waals surface area contributed by atoms with E-state index in [0.29, 0.717) is 0 Å². The van der Waals surface area contributed by atoms with Crippen LogP contribution in [-0.2, 0) is 6.42 Å². The molecule has 0 amide bonds. The Labute approximate surface area is 112 Å². The lowest BCUT2D eigenvalue weighted by molar-refractivity contribution is 0.186. The first-order valence-corrected chi connectivity index (χ1v) is 7.12. The number of benzene rings is 1. The van der Waals surface area contributed by atoms with Gasteiger partial charge < -0.3 is 10.5 Å². The molecule has 0 spiro atoms. The number of ether oxygens (including phenoxy) is 1. The van der Waals surface area contributed by atoms with Gasteiger partial charge in [-0.3, -0.25) is 0 Å². The Balaban J connectivity index is 2.55. The molecule has 1 rings (SSSR count). The van der Waals surface area contributed by atoms with Gasteiger partial charge in [-0.05, 0) is 49.3 Å². The molecule has 18 heavy (non-hydrogen) atoms. The van der Waals surface area contributed by atoms with Gasteiger partial charge in [-0.25, -0.2) is 0 Å². The molecule has 2 nitrogen and oxygen atoms in total. The number of hydrogen-bond acceptors (Lipinski definition) is 2. The minimum atomic E-state index is 0.251. The van der Waals surface area contributed by atoms with Crippen molar-refractivity contribution >= 4 is 0 Å². The maximum Gasteiger partial charge on any atom is 0.122 e. The quantitative estimate of drug-likeness (QED) is 0.761. The number of nitrogens with two attached hydrogens (primary N) is 1. The standard InChI is InChI=1S/C16H27NO/c1-4-14-9-7-8-10-15(14)18-12-11-16(5-2,6-3)13-17/h7-10H,4-6,11-13,17H2,1-3H3. The third kappa shape index (κ3) is 3.74. The van der Waals surface area contributed by atoms with E-state index >= 15 is 0 Å². The van der Waals surface area contributed by atoms with Crippen molar-refractivity contribution < 1.29 is 4.74 Å². The van der Waals surface area contributed by atoms with Gasteiger partial charge in [0, 0.05) is 0 Å². The van der Waals surface area contributed by atoms with Gasteiger partial charge in [0.25, 0.3) is 0 Å². The molecule has 0 aliphatic rings. The molecule has 0 aliphatic heterocycles. The second kappa shape index (κ2) is 7.42. The van der Waals surface area contributed by atoms with Gasteiger partial charge >= 0.3 is 0 Å². The molecule has 0 unspecified atom stereocenters. The molecule has 0 aliphatic carbocycles. The Morgan fingerprint density at radius 3 is 2.33 bits per heavy atom. The molecule has 0 fully saturated rings. The summed E-state index contributed by atoms with van der Waals surface area (Å²) >= 11 is 0. The largest absolute Gasteiger partial charge is 0.493 e. The van der Waals surface area contributed by atoms with Crippen molar-refractivity contribution in [2.45, 2.75) is 46.5 Å². The van der Waals surface area contributed by atoms with Gasteiger partial charge in [-0.2, -0.15) is 0 Å². The summed E-state index contributed by atoms with van der Waals surface area (Å²) in [5.41, 5.74) is 7.44. The lowest BCUT2D eigenvalue weighted by Crippen LogP contribution is -2.31. The molecule has 0 atom stereocenters. The Kier molecular flexibility index (Phi) is 6.20. The molecule has 1 aromatic carbocycles. The van der Waals surface area contributed by atoms with Gasteiger partial charge in [0.1, 0.15) is 5.75 Å². The lowest BCUT2D eigenvalue weighted by atomic mass is 9.80. The van der Waals surface area contributed by atoms with E-state index in [2.05, 4.69) is 39.0 Å². The minimum absolute atomic E-state index is 0.251. The van der Waals surface area contributed by atoms with Crippen molar-refractivity contribution in [3.63, 3.8) is 0 Å². The summed E-state index contributed by atoms with van der Waals surface area (Å²) in [6.07, 6.45) is 4.30. The third-order valence-corrected chi connectivity index (χ3v) is 4.18. The highest BCUT2D eigenvalue weighted by Gasteiger charge is 2.24. The Bertz CT molecular complexity index is 336. The minimum Gasteiger partial charge on any atom is -0.493 e. The van der Waals surface area contributed by atoms with E-state index in [-0.39, 0.29) is 5.41 Å². The maximum atomic E-state index is 5.93. The molecular weight excluding hydrogens is 222 g/mol. The smallest absolute Gasteiger partial charge is 0.122 e. The molecule has 0 saturated carbocycles. The summed E-state index contributed by atoms with van der Waals surface area (Å²) in [4.78, 5) is 0. The molecule has 0 aromatic heterocycles. The first-order valence-electron chi connectivity index (χ1n) is 7.12. The van der Waals surface area contributed by atoms with Crippen molar-refractivity contribution in [1.82, 2.24) is 0 Å². The monoisotopic (exact) mass is 249 g/mol. The van der Waals surface area contributed by atoms with Crippen LogP contribution in [0.25, 0.3) is 0 Å². The third-order valence-electron chi connectivity index (χ3n) is 4.18. The molecule has 0 saturated heterocycles. The predicted octanol–water partition coefficient (Wildman–Crippen LogP) is 3.78. The van der Waals surface area contributed by atoms with E-state index in [0.717, 1.165) is 44.6 Å². The van der Waals surface area contributed by atoms with Crippen LogP contribution in [0.4, 0.5) is 0 Å². The van der Waals surface area contributed by atoms with Gasteiger partial charge in [-0.15, -0.1) is 0 Å². The first-order chi connectivity index (χ1) is 8.71. The highest BCUT2D eigenvalue weighted by molar-refractivity contribution is 5.33. The highest BCUT2D eigenvalue weighted by Crippen LogP contribution is 2.29. The summed E-state index contributed by atoms with van der Waals surface area (Å²) in [7, 11) is 0. The van der Waals surface area contributed by atoms with Crippen LogP contribution >= 0.6 is 0 Å². The summed E-state index contributed by atoms with van der Waals surface area (Å²) in [5, 5.41) is 0. The van der Waals surface area contributed by atoms with Crippen LogP contribution in [0.3, 0.4) is 0 Å². The normalized spacial score (nSPS) is 11.6. The van der Waals surface area contributed by atoms with Crippen LogP contribution in [0.1, 0.15) is 45.6 Å². The second-order valence-corrected chi connectivity index (χ2v) is 4.97. The topological polar surface area (TPSA) is 35.2 Å². The van der Waals surface area contributed by atoms with E-state index in [1.54, 1.807) is 0 Å². The van der Waals surface area contributed by atoms with Crippen molar-refractivity contribution in [1.29, 1.82) is 0 Å². The van der Waals surface area contributed by atoms with Crippen LogP contribution in [0, 0.1) is 5.41 Å². The van der Waals surface area contributed by atoms with Gasteiger partial charge in [-0.1, -0.05) is 39.0 Å². The Morgan fingerprint density at radius 2 is 1.78 bits per heavy atom. The van der Waals surface area contributed by atoms with Crippen LogP contribution in [0.15, 0.2) is 24.3 Å². The zero-order chi connectivity index (χ0) is 13.4. The lowest BCUT2D eigenvalue weighted by Gasteiger charge is -2.30. The summed E-state index contributed by atoms with van der Waals surface area (Å²) in [6.45, 7) is 8.10. The van der Waals surface area contributed by atoms with E-state index in [4.69, 9.17) is 10.5 Å². The molecule has 0 radical (unpaired) electrons. The molecule has 2 N–H and O–H groups in total. The predicted molar refractivity (Wildman–Crippen MR) is 78.0 cm³/mol. The zero-order valence-corrected chi connectivity index (χ0v) is 12.0. The van der Waals surface area contributed by atoms with E-state index in [9.17, 15) is 0 Å². The fraction of sp³-hybridized carbons (Fsp3) is 0.625. The average molecular weight is 249 g/mol. The van der Waals surface area contributed by atoms with Crippen LogP contribution in [-0.4, -0.2) is 13.2 Å². The summed E-state index contributed by atoms with van der Waals surface area (Å²) in [6, 6.07) is 8.28. The van der Waals surface area contributed by atoms with Crippen LogP contribution in [0.2, 0.25) is 0 Å². The van der Waals surface area contributed by atoms with Crippen molar-refractivity contribution in [3.05, 3.63) is 29.8 Å². The second-order valence-electron chi connectivity index (χ2n) is 4.97. The molecule has 0 heterocycles. The first kappa shape index (κ1) is 15.0. The van der Waals surface area contributed by atoms with E-state index in [1.165, 1.54) is 5.56 Å². The van der Waals surface area contributed by atoms with Crippen molar-refractivity contribution in [3.8, 4) is 5.75 Å². The van der Waals surface area contributed by atoms with Gasteiger partial charge in [0.2, 0.25) is 0 Å². The summed E-state index contributed by atoms with van der Waals surface area (Å²) in [5.74, 6) is 1.03. The van der Waals surface area contributed by atoms with E-state index < -0.39 is 0 Å². The summed E-state index contributed by atoms with van der Waals surface area (Å²) < 4.78 is 5.93. The highest BCUT2D eigenvalue weighted by atomic mass is 16.5. The Morgan fingerprint density at radius 1 is 1.11 bits per heavy atom. The number of aryl methyl sites for hydroxylation is 1. The average Bonchev–Trinajstić information content (AvgIpc) is 2.44. The Hall–Kier alpha value is -1.02. The van der Waals surface area contributed by atoms with Crippen LogP contribution < -0.4 is 10.5 Å². The van der Waals surface area contributed by atoms with E-state index in [1.807, 2.05) is 6.07 Å². The molecule has 102 valence electrons. The van der Waals surface area contributed by atoms with Gasteiger partial charge in [0.15, 0.2) is 0 Å². The fourth-order valence-electron chi connectivity index (χ4n) is 2.31. The molecular formula is C16H27NO.